The van der Waals surface area contributed by atoms with Gasteiger partial charge < -0.3 is 9.67 Å². The minimum Gasteiger partial charge on any atom is -0.381 e. The van der Waals surface area contributed by atoms with E-state index in [1.807, 2.05) is 9.47 Å². The van der Waals surface area contributed by atoms with Crippen LogP contribution in [0.4, 0.5) is 17.6 Å². The van der Waals surface area contributed by atoms with Crippen molar-refractivity contribution < 1.29 is 22.7 Å². The predicted octanol–water partition coefficient (Wildman–Crippen LogP) is 3.49. The number of hydrogen-bond acceptors (Lipinski definition) is 5. The Morgan fingerprint density at radius 1 is 1.03 bits per heavy atom. The molecule has 0 aliphatic carbocycles. The standard InChI is InChI=1S/C24H22F4N6O/c1-15(24(35,12-34-14-29-13-30-34)19-5-3-17(26)9-21(19)28)32-6-7-33-10-22(31-23(33)11-32)18-4-2-16(25)8-20(18)27/h2-5,8-10,13-15,35H,6-7,11-12H2,1H3/t15-,24-/m1/s1. The van der Waals surface area contributed by atoms with E-state index in [1.165, 1.54) is 35.5 Å². The Morgan fingerprint density at radius 3 is 2.46 bits per heavy atom. The lowest BCUT2D eigenvalue weighted by molar-refractivity contribution is -0.0709. The van der Waals surface area contributed by atoms with Gasteiger partial charge in [0.15, 0.2) is 0 Å². The van der Waals surface area contributed by atoms with Crippen molar-refractivity contribution in [2.75, 3.05) is 6.54 Å². The van der Waals surface area contributed by atoms with Crippen LogP contribution in [0.1, 0.15) is 18.3 Å². The molecular weight excluding hydrogens is 464 g/mol. The number of nitrogens with zero attached hydrogens (tertiary/aromatic N) is 6. The lowest BCUT2D eigenvalue weighted by Gasteiger charge is -2.42. The average Bonchev–Trinajstić information content (AvgIpc) is 3.47. The molecule has 1 aliphatic heterocycles. The quantitative estimate of drug-likeness (QED) is 0.423. The number of aromatic nitrogens is 5. The minimum absolute atomic E-state index is 0.0649. The Hall–Kier alpha value is -3.57. The zero-order valence-electron chi connectivity index (χ0n) is 18.7. The lowest BCUT2D eigenvalue weighted by atomic mass is 9.85. The number of halogens is 4. The van der Waals surface area contributed by atoms with Crippen LogP contribution >= 0.6 is 0 Å². The maximum atomic E-state index is 14.9. The molecular formula is C24H22F4N6O. The monoisotopic (exact) mass is 486 g/mol. The van der Waals surface area contributed by atoms with Crippen molar-refractivity contribution in [2.45, 2.75) is 38.2 Å². The first-order valence-corrected chi connectivity index (χ1v) is 11.0. The van der Waals surface area contributed by atoms with Gasteiger partial charge in [-0.15, -0.1) is 0 Å². The summed E-state index contributed by atoms with van der Waals surface area (Å²) in [5, 5.41) is 15.9. The van der Waals surface area contributed by atoms with Gasteiger partial charge in [0.25, 0.3) is 0 Å². The van der Waals surface area contributed by atoms with Gasteiger partial charge in [-0.25, -0.2) is 32.2 Å². The van der Waals surface area contributed by atoms with E-state index in [4.69, 9.17) is 0 Å². The van der Waals surface area contributed by atoms with Crippen molar-refractivity contribution in [3.05, 3.63) is 89.9 Å². The van der Waals surface area contributed by atoms with Gasteiger partial charge in [0.05, 0.1) is 18.8 Å². The normalized spacial score (nSPS) is 16.6. The second-order valence-corrected chi connectivity index (χ2v) is 8.65. The summed E-state index contributed by atoms with van der Waals surface area (Å²) in [6.45, 7) is 2.89. The highest BCUT2D eigenvalue weighted by Gasteiger charge is 2.43. The van der Waals surface area contributed by atoms with E-state index >= 15 is 0 Å². The van der Waals surface area contributed by atoms with Crippen LogP contribution < -0.4 is 0 Å². The Kier molecular flexibility index (Phi) is 5.89. The van der Waals surface area contributed by atoms with Crippen molar-refractivity contribution in [1.82, 2.24) is 29.2 Å². The fourth-order valence-electron chi connectivity index (χ4n) is 4.57. The first-order chi connectivity index (χ1) is 16.7. The maximum Gasteiger partial charge on any atom is 0.137 e. The first kappa shape index (κ1) is 23.2. The zero-order valence-corrected chi connectivity index (χ0v) is 18.7. The van der Waals surface area contributed by atoms with Crippen LogP contribution in [-0.4, -0.2) is 46.9 Å². The Balaban J connectivity index is 1.46. The zero-order chi connectivity index (χ0) is 24.7. The molecule has 0 amide bonds. The van der Waals surface area contributed by atoms with Gasteiger partial charge in [-0.05, 0) is 25.1 Å². The number of aliphatic hydroxyl groups is 1. The van der Waals surface area contributed by atoms with E-state index in [1.54, 1.807) is 13.1 Å². The van der Waals surface area contributed by atoms with Crippen LogP contribution in [0.15, 0.2) is 55.2 Å². The number of hydrogen-bond donors (Lipinski definition) is 1. The third-order valence-electron chi connectivity index (χ3n) is 6.54. The van der Waals surface area contributed by atoms with Crippen LogP contribution in [0.3, 0.4) is 0 Å². The summed E-state index contributed by atoms with van der Waals surface area (Å²) >= 11 is 0. The molecule has 0 saturated carbocycles. The van der Waals surface area contributed by atoms with Crippen LogP contribution in [-0.2, 0) is 25.2 Å². The van der Waals surface area contributed by atoms with Crippen molar-refractivity contribution in [2.24, 2.45) is 0 Å². The fourth-order valence-corrected chi connectivity index (χ4v) is 4.57. The van der Waals surface area contributed by atoms with E-state index in [2.05, 4.69) is 15.1 Å². The number of fused-ring (bicyclic) bond motifs is 1. The van der Waals surface area contributed by atoms with Gasteiger partial charge in [-0.2, -0.15) is 5.10 Å². The van der Waals surface area contributed by atoms with Gasteiger partial charge in [0.2, 0.25) is 0 Å². The molecule has 7 nitrogen and oxygen atoms in total. The fraction of sp³-hybridized carbons (Fsp3) is 0.292. The van der Waals surface area contributed by atoms with Crippen molar-refractivity contribution in [1.29, 1.82) is 0 Å². The Bertz CT molecular complexity index is 1360. The van der Waals surface area contributed by atoms with Crippen molar-refractivity contribution in [3.8, 4) is 11.3 Å². The molecule has 5 rings (SSSR count). The molecule has 2 atom stereocenters. The molecule has 4 aromatic rings. The molecule has 0 fully saturated rings. The predicted molar refractivity (Wildman–Crippen MR) is 118 cm³/mol. The van der Waals surface area contributed by atoms with E-state index < -0.39 is 34.9 Å². The van der Waals surface area contributed by atoms with Gasteiger partial charge in [0, 0.05) is 48.6 Å². The number of benzene rings is 2. The Labute approximate surface area is 198 Å². The molecule has 3 heterocycles. The van der Waals surface area contributed by atoms with E-state index in [0.717, 1.165) is 18.2 Å². The second-order valence-electron chi connectivity index (χ2n) is 8.65. The molecule has 2 aromatic carbocycles. The van der Waals surface area contributed by atoms with Gasteiger partial charge >= 0.3 is 0 Å². The average molecular weight is 486 g/mol. The van der Waals surface area contributed by atoms with Crippen LogP contribution in [0.5, 0.6) is 0 Å². The molecule has 11 heteroatoms. The van der Waals surface area contributed by atoms with Gasteiger partial charge in [-0.1, -0.05) is 6.07 Å². The highest BCUT2D eigenvalue weighted by molar-refractivity contribution is 5.59. The molecule has 0 radical (unpaired) electrons. The summed E-state index contributed by atoms with van der Waals surface area (Å²) < 4.78 is 59.3. The molecule has 0 spiro atoms. The van der Waals surface area contributed by atoms with Gasteiger partial charge in [-0.3, -0.25) is 4.90 Å². The maximum absolute atomic E-state index is 14.9. The summed E-state index contributed by atoms with van der Waals surface area (Å²) in [6, 6.07) is 5.75. The van der Waals surface area contributed by atoms with Crippen LogP contribution in [0, 0.1) is 23.3 Å². The minimum atomic E-state index is -1.79. The van der Waals surface area contributed by atoms with E-state index in [9.17, 15) is 22.7 Å². The highest BCUT2D eigenvalue weighted by Crippen LogP contribution is 2.34. The molecule has 0 unspecified atom stereocenters. The smallest absolute Gasteiger partial charge is 0.137 e. The molecule has 0 saturated heterocycles. The van der Waals surface area contributed by atoms with Crippen LogP contribution in [0.2, 0.25) is 0 Å². The number of imidazole rings is 1. The number of rotatable bonds is 6. The third-order valence-corrected chi connectivity index (χ3v) is 6.54. The van der Waals surface area contributed by atoms with Gasteiger partial charge in [0.1, 0.15) is 47.3 Å². The molecule has 1 aliphatic rings. The lowest BCUT2D eigenvalue weighted by Crippen LogP contribution is -2.53. The largest absolute Gasteiger partial charge is 0.381 e. The van der Waals surface area contributed by atoms with Crippen LogP contribution in [0.25, 0.3) is 11.3 Å². The third kappa shape index (κ3) is 4.32. The van der Waals surface area contributed by atoms with E-state index in [0.29, 0.717) is 24.6 Å². The summed E-state index contributed by atoms with van der Waals surface area (Å²) in [5.41, 5.74) is -1.30. The second kappa shape index (κ2) is 8.90. The molecule has 0 bridgehead atoms. The summed E-state index contributed by atoms with van der Waals surface area (Å²) in [4.78, 5) is 10.3. The molecule has 182 valence electrons. The summed E-state index contributed by atoms with van der Waals surface area (Å²) in [5.74, 6) is -2.38. The molecule has 35 heavy (non-hydrogen) atoms. The van der Waals surface area contributed by atoms with Crippen molar-refractivity contribution in [3.63, 3.8) is 0 Å². The molecule has 2 aromatic heterocycles. The SMILES string of the molecule is C[C@@H](N1CCn2cc(-c3ccc(F)cc3F)nc2C1)[C@](O)(Cn1cncn1)c1ccc(F)cc1F. The first-order valence-electron chi connectivity index (χ1n) is 11.0. The summed E-state index contributed by atoms with van der Waals surface area (Å²) in [6.07, 6.45) is 4.42. The van der Waals surface area contributed by atoms with E-state index in [-0.39, 0.29) is 24.2 Å². The Morgan fingerprint density at radius 2 is 1.77 bits per heavy atom. The topological polar surface area (TPSA) is 72.0 Å². The highest BCUT2D eigenvalue weighted by atomic mass is 19.1. The molecule has 1 N–H and O–H groups in total. The summed E-state index contributed by atoms with van der Waals surface area (Å²) in [7, 11) is 0. The van der Waals surface area contributed by atoms with Crippen molar-refractivity contribution >= 4 is 0 Å².